The number of ether oxygens (including phenoxy) is 5. The van der Waals surface area contributed by atoms with Crippen molar-refractivity contribution in [3.8, 4) is 0 Å². The van der Waals surface area contributed by atoms with Gasteiger partial charge in [-0.2, -0.15) is 0 Å². The van der Waals surface area contributed by atoms with Gasteiger partial charge in [0, 0.05) is 6.92 Å². The van der Waals surface area contributed by atoms with Crippen LogP contribution in [0.1, 0.15) is 55.9 Å². The Kier molecular flexibility index (Phi) is 19.3. The molecule has 0 aliphatic rings. The van der Waals surface area contributed by atoms with E-state index in [-0.39, 0.29) is 18.2 Å². The predicted octanol–water partition coefficient (Wildman–Crippen LogP) is 8.80. The average Bonchev–Trinajstić information content (AvgIpc) is 3.14. The fraction of sp³-hybridized carbons (Fsp3) is 0.341. The first kappa shape index (κ1) is 41.1. The summed E-state index contributed by atoms with van der Waals surface area (Å²) in [6.07, 6.45) is 2.41. The van der Waals surface area contributed by atoms with E-state index in [9.17, 15) is 9.90 Å². The van der Waals surface area contributed by atoms with E-state index in [4.69, 9.17) is 23.7 Å². The second kappa shape index (κ2) is 23.9. The van der Waals surface area contributed by atoms with Crippen molar-refractivity contribution in [1.82, 2.24) is 0 Å². The second-order valence-electron chi connectivity index (χ2n) is 12.3. The Labute approximate surface area is 304 Å². The molecular weight excluding hydrogens is 640 g/mol. The molecule has 51 heavy (non-hydrogen) atoms. The summed E-state index contributed by atoms with van der Waals surface area (Å²) in [5, 5.41) is 10.1. The zero-order valence-electron chi connectivity index (χ0n) is 30.2. The van der Waals surface area contributed by atoms with Crippen LogP contribution < -0.4 is 0 Å². The third kappa shape index (κ3) is 16.0. The monoisotopic (exact) mass is 694 g/mol. The number of carbonyl (C=O) groups is 1. The fourth-order valence-corrected chi connectivity index (χ4v) is 5.44. The first-order valence-electron chi connectivity index (χ1n) is 17.5. The molecule has 0 aromatic heterocycles. The second-order valence-corrected chi connectivity index (χ2v) is 12.3. The Morgan fingerprint density at radius 1 is 0.569 bits per heavy atom. The van der Waals surface area contributed by atoms with Crippen LogP contribution in [0.2, 0.25) is 0 Å². The molecule has 7 heteroatoms. The molecule has 1 N–H and O–H groups in total. The Morgan fingerprint density at radius 3 is 1.20 bits per heavy atom. The maximum atomic E-state index is 11.5. The molecule has 0 unspecified atom stereocenters. The van der Waals surface area contributed by atoms with Crippen LogP contribution in [0.4, 0.5) is 0 Å². The summed E-state index contributed by atoms with van der Waals surface area (Å²) in [6.45, 7) is 14.4. The zero-order chi connectivity index (χ0) is 36.7. The largest absolute Gasteiger partial charge is 0.460 e. The summed E-state index contributed by atoms with van der Waals surface area (Å²) in [5.74, 6) is -0.337. The van der Waals surface area contributed by atoms with E-state index in [0.29, 0.717) is 39.3 Å². The van der Waals surface area contributed by atoms with Gasteiger partial charge in [0.15, 0.2) is 0 Å². The SMILES string of the molecule is C=CC[C@H](OCc1ccccc1)[C@@H](OCc1ccccc1)[C@H](C)O.C=CC[C@H](OCc1ccccc1)[C@@H](OCc1ccccc1)[C@H](C)OC(C)=O. The summed E-state index contributed by atoms with van der Waals surface area (Å²) in [7, 11) is 0. The molecule has 272 valence electrons. The summed E-state index contributed by atoms with van der Waals surface area (Å²) in [4.78, 5) is 11.5. The molecule has 4 aromatic rings. The molecule has 0 fully saturated rings. The van der Waals surface area contributed by atoms with E-state index >= 15 is 0 Å². The van der Waals surface area contributed by atoms with Crippen molar-refractivity contribution in [3.63, 3.8) is 0 Å². The van der Waals surface area contributed by atoms with Crippen LogP contribution in [0.15, 0.2) is 147 Å². The van der Waals surface area contributed by atoms with Crippen molar-refractivity contribution in [2.75, 3.05) is 0 Å². The Morgan fingerprint density at radius 2 is 0.882 bits per heavy atom. The van der Waals surface area contributed by atoms with Gasteiger partial charge in [-0.05, 0) is 48.9 Å². The van der Waals surface area contributed by atoms with E-state index in [0.717, 1.165) is 22.3 Å². The predicted molar refractivity (Wildman–Crippen MR) is 203 cm³/mol. The van der Waals surface area contributed by atoms with Gasteiger partial charge in [0.05, 0.1) is 44.7 Å². The molecule has 0 saturated carbocycles. The standard InChI is InChI=1S/C23H28O4.C21H26O3/c1-4-11-22(25-16-20-12-7-5-8-13-20)23(18(2)27-19(3)24)26-17-21-14-9-6-10-15-21;1-3-10-20(23-15-18-11-6-4-7-12-18)21(17(2)22)24-16-19-13-8-5-9-14-19/h4-10,12-15,18,22-23H,1,11,16-17H2,2-3H3;3-9,11-14,17,20-22H,1,10,15-16H2,2H3/t18-,22-,23-;17-,20-,21-/m00/s1. The van der Waals surface area contributed by atoms with Crippen LogP contribution in [0.3, 0.4) is 0 Å². The van der Waals surface area contributed by atoms with E-state index in [1.165, 1.54) is 6.92 Å². The van der Waals surface area contributed by atoms with E-state index < -0.39 is 24.4 Å². The van der Waals surface area contributed by atoms with Crippen molar-refractivity contribution in [1.29, 1.82) is 0 Å². The number of aliphatic hydroxyl groups excluding tert-OH is 1. The molecule has 0 radical (unpaired) electrons. The van der Waals surface area contributed by atoms with Crippen molar-refractivity contribution in [3.05, 3.63) is 169 Å². The molecule has 0 aliphatic heterocycles. The van der Waals surface area contributed by atoms with Crippen molar-refractivity contribution < 1.29 is 33.6 Å². The van der Waals surface area contributed by atoms with Crippen LogP contribution in [-0.2, 0) is 54.9 Å². The van der Waals surface area contributed by atoms with Gasteiger partial charge in [0.2, 0.25) is 0 Å². The topological polar surface area (TPSA) is 83.5 Å². The highest BCUT2D eigenvalue weighted by Gasteiger charge is 2.30. The molecule has 4 rings (SSSR count). The zero-order valence-corrected chi connectivity index (χ0v) is 30.2. The van der Waals surface area contributed by atoms with Crippen molar-refractivity contribution >= 4 is 5.97 Å². The number of hydrogen-bond donors (Lipinski definition) is 1. The minimum Gasteiger partial charge on any atom is -0.460 e. The van der Waals surface area contributed by atoms with E-state index in [1.54, 1.807) is 19.1 Å². The molecule has 0 amide bonds. The Bertz CT molecular complexity index is 1500. The molecule has 0 bridgehead atoms. The molecule has 0 spiro atoms. The lowest BCUT2D eigenvalue weighted by Gasteiger charge is -2.31. The average molecular weight is 695 g/mol. The van der Waals surface area contributed by atoms with Gasteiger partial charge < -0.3 is 28.8 Å². The lowest BCUT2D eigenvalue weighted by atomic mass is 10.0. The van der Waals surface area contributed by atoms with Gasteiger partial charge in [-0.3, -0.25) is 4.79 Å². The summed E-state index contributed by atoms with van der Waals surface area (Å²) in [5.41, 5.74) is 4.30. The van der Waals surface area contributed by atoms with Gasteiger partial charge in [-0.25, -0.2) is 0 Å². The molecule has 7 nitrogen and oxygen atoms in total. The van der Waals surface area contributed by atoms with Gasteiger partial charge in [-0.15, -0.1) is 13.2 Å². The summed E-state index contributed by atoms with van der Waals surface area (Å²) in [6, 6.07) is 39.8. The van der Waals surface area contributed by atoms with Crippen molar-refractivity contribution in [2.24, 2.45) is 0 Å². The molecule has 6 atom stereocenters. The number of rotatable bonds is 21. The van der Waals surface area contributed by atoms with Crippen LogP contribution in [0, 0.1) is 0 Å². The highest BCUT2D eigenvalue weighted by atomic mass is 16.6. The highest BCUT2D eigenvalue weighted by Crippen LogP contribution is 2.20. The third-order valence-electron chi connectivity index (χ3n) is 8.01. The number of aliphatic hydroxyl groups is 1. The van der Waals surface area contributed by atoms with Gasteiger partial charge in [0.1, 0.15) is 18.3 Å². The maximum absolute atomic E-state index is 11.5. The van der Waals surface area contributed by atoms with Crippen LogP contribution in [0.5, 0.6) is 0 Å². The smallest absolute Gasteiger partial charge is 0.302 e. The highest BCUT2D eigenvalue weighted by molar-refractivity contribution is 5.66. The van der Waals surface area contributed by atoms with Gasteiger partial charge >= 0.3 is 5.97 Å². The molecule has 4 aromatic carbocycles. The van der Waals surface area contributed by atoms with E-state index in [2.05, 4.69) is 13.2 Å². The molecule has 0 heterocycles. The first-order valence-corrected chi connectivity index (χ1v) is 17.5. The van der Waals surface area contributed by atoms with Crippen LogP contribution >= 0.6 is 0 Å². The number of benzene rings is 4. The fourth-order valence-electron chi connectivity index (χ4n) is 5.44. The molecule has 0 aliphatic carbocycles. The summed E-state index contributed by atoms with van der Waals surface area (Å²) < 4.78 is 29.7. The maximum Gasteiger partial charge on any atom is 0.302 e. The normalized spacial score (nSPS) is 14.4. The van der Waals surface area contributed by atoms with Crippen molar-refractivity contribution in [2.45, 2.75) is 96.7 Å². The van der Waals surface area contributed by atoms with Gasteiger partial charge in [-0.1, -0.05) is 133 Å². The minimum atomic E-state index is -0.630. The lowest BCUT2D eigenvalue weighted by Crippen LogP contribution is -2.41. The quantitative estimate of drug-likeness (QED) is 0.0690. The Balaban J connectivity index is 0.000000277. The van der Waals surface area contributed by atoms with Crippen LogP contribution in [-0.4, -0.2) is 47.7 Å². The molecule has 0 saturated heterocycles. The lowest BCUT2D eigenvalue weighted by molar-refractivity contribution is -0.167. The number of esters is 1. The summed E-state index contributed by atoms with van der Waals surface area (Å²) >= 11 is 0. The number of hydrogen-bond acceptors (Lipinski definition) is 7. The molecular formula is C44H54O7. The third-order valence-corrected chi connectivity index (χ3v) is 8.01. The number of carbonyl (C=O) groups excluding carboxylic acids is 1. The first-order chi connectivity index (χ1) is 24.8. The Hall–Kier alpha value is -4.37. The minimum absolute atomic E-state index is 0.244. The van der Waals surface area contributed by atoms with E-state index in [1.807, 2.05) is 128 Å². The van der Waals surface area contributed by atoms with Crippen LogP contribution in [0.25, 0.3) is 0 Å². The van der Waals surface area contributed by atoms with Gasteiger partial charge in [0.25, 0.3) is 0 Å².